The van der Waals surface area contributed by atoms with Crippen LogP contribution in [0.2, 0.25) is 0 Å². The van der Waals surface area contributed by atoms with E-state index in [2.05, 4.69) is 5.32 Å². The first kappa shape index (κ1) is 22.1. The molecule has 1 fully saturated rings. The Balaban J connectivity index is 1.79. The topological polar surface area (TPSA) is 94.2 Å². The Hall–Kier alpha value is -2.62. The summed E-state index contributed by atoms with van der Waals surface area (Å²) in [5, 5.41) is 2.84. The highest BCUT2D eigenvalue weighted by Crippen LogP contribution is 2.23. The van der Waals surface area contributed by atoms with Gasteiger partial charge < -0.3 is 19.5 Å². The monoisotopic (exact) mass is 434 g/mol. The summed E-state index contributed by atoms with van der Waals surface area (Å²) >= 11 is 0. The van der Waals surface area contributed by atoms with Gasteiger partial charge in [-0.1, -0.05) is 6.07 Å². The Morgan fingerprint density at radius 1 is 1.07 bits per heavy atom. The Kier molecular flexibility index (Phi) is 6.96. The molecule has 8 nitrogen and oxygen atoms in total. The molecular formula is C21H26N2O6S. The lowest BCUT2D eigenvalue weighted by Gasteiger charge is -2.26. The second kappa shape index (κ2) is 9.46. The number of benzene rings is 2. The molecule has 0 unspecified atom stereocenters. The van der Waals surface area contributed by atoms with Crippen molar-refractivity contribution in [2.75, 3.05) is 40.5 Å². The molecule has 0 radical (unpaired) electrons. The van der Waals surface area contributed by atoms with Gasteiger partial charge in [-0.2, -0.15) is 4.31 Å². The largest absolute Gasteiger partial charge is 0.497 e. The van der Waals surface area contributed by atoms with Gasteiger partial charge in [-0.3, -0.25) is 4.79 Å². The van der Waals surface area contributed by atoms with Crippen molar-refractivity contribution in [2.24, 2.45) is 0 Å². The summed E-state index contributed by atoms with van der Waals surface area (Å²) < 4.78 is 42.9. The number of aryl methyl sites for hydroxylation is 1. The molecule has 0 aromatic heterocycles. The summed E-state index contributed by atoms with van der Waals surface area (Å²) in [5.41, 5.74) is 1.81. The SMILES string of the molecule is COc1cc(CNC(=O)c2cc(S(=O)(=O)N3CCOCC3)ccc2C)cc(OC)c1. The molecule has 1 heterocycles. The van der Waals surface area contributed by atoms with Crippen molar-refractivity contribution in [3.8, 4) is 11.5 Å². The zero-order valence-corrected chi connectivity index (χ0v) is 18.1. The van der Waals surface area contributed by atoms with E-state index in [0.29, 0.717) is 48.9 Å². The second-order valence-electron chi connectivity index (χ2n) is 6.90. The van der Waals surface area contributed by atoms with Crippen molar-refractivity contribution in [1.29, 1.82) is 0 Å². The predicted octanol–water partition coefficient (Wildman–Crippen LogP) is 1.96. The summed E-state index contributed by atoms with van der Waals surface area (Å²) in [6, 6.07) is 9.96. The molecule has 1 aliphatic rings. The standard InChI is InChI=1S/C21H26N2O6S/c1-15-4-5-19(30(25,26)23-6-8-29-9-7-23)13-20(15)21(24)22-14-16-10-17(27-2)12-18(11-16)28-3/h4-5,10-13H,6-9,14H2,1-3H3,(H,22,24). The molecule has 1 amide bonds. The van der Waals surface area contributed by atoms with Crippen LogP contribution in [0.4, 0.5) is 0 Å². The van der Waals surface area contributed by atoms with Crippen LogP contribution in [0, 0.1) is 6.92 Å². The predicted molar refractivity (Wildman–Crippen MR) is 111 cm³/mol. The number of nitrogens with one attached hydrogen (secondary N) is 1. The Morgan fingerprint density at radius 2 is 1.70 bits per heavy atom. The molecule has 0 bridgehead atoms. The van der Waals surface area contributed by atoms with E-state index >= 15 is 0 Å². The number of hydrogen-bond donors (Lipinski definition) is 1. The summed E-state index contributed by atoms with van der Waals surface area (Å²) in [6.07, 6.45) is 0. The number of nitrogens with zero attached hydrogens (tertiary/aromatic N) is 1. The van der Waals surface area contributed by atoms with Crippen LogP contribution in [0.25, 0.3) is 0 Å². The summed E-state index contributed by atoms with van der Waals surface area (Å²) in [5.74, 6) is 0.884. The van der Waals surface area contributed by atoms with Crippen molar-refractivity contribution in [1.82, 2.24) is 9.62 Å². The molecule has 162 valence electrons. The van der Waals surface area contributed by atoms with E-state index in [4.69, 9.17) is 14.2 Å². The molecule has 3 rings (SSSR count). The number of hydrogen-bond acceptors (Lipinski definition) is 6. The number of amides is 1. The zero-order chi connectivity index (χ0) is 21.7. The lowest BCUT2D eigenvalue weighted by Crippen LogP contribution is -2.40. The summed E-state index contributed by atoms with van der Waals surface area (Å²) in [6.45, 7) is 3.34. The average Bonchev–Trinajstić information content (AvgIpc) is 2.77. The van der Waals surface area contributed by atoms with Gasteiger partial charge >= 0.3 is 0 Å². The average molecular weight is 435 g/mol. The Labute approximate surface area is 176 Å². The molecular weight excluding hydrogens is 408 g/mol. The van der Waals surface area contributed by atoms with Crippen LogP contribution >= 0.6 is 0 Å². The zero-order valence-electron chi connectivity index (χ0n) is 17.3. The third kappa shape index (κ3) is 4.92. The minimum Gasteiger partial charge on any atom is -0.497 e. The maximum atomic E-state index is 12.9. The van der Waals surface area contributed by atoms with Gasteiger partial charge in [0.05, 0.1) is 32.3 Å². The van der Waals surface area contributed by atoms with Crippen LogP contribution in [0.5, 0.6) is 11.5 Å². The van der Waals surface area contributed by atoms with Gasteiger partial charge in [0, 0.05) is 31.3 Å². The fourth-order valence-electron chi connectivity index (χ4n) is 3.19. The van der Waals surface area contributed by atoms with E-state index in [9.17, 15) is 13.2 Å². The fraction of sp³-hybridized carbons (Fsp3) is 0.381. The number of morpholine rings is 1. The van der Waals surface area contributed by atoms with Crippen LogP contribution < -0.4 is 14.8 Å². The molecule has 1 saturated heterocycles. The van der Waals surface area contributed by atoms with Crippen LogP contribution in [-0.2, 0) is 21.3 Å². The normalized spacial score (nSPS) is 14.9. The quantitative estimate of drug-likeness (QED) is 0.716. The first-order chi connectivity index (χ1) is 14.3. The Morgan fingerprint density at radius 3 is 2.30 bits per heavy atom. The number of methoxy groups -OCH3 is 2. The van der Waals surface area contributed by atoms with Crippen molar-refractivity contribution < 1.29 is 27.4 Å². The third-order valence-electron chi connectivity index (χ3n) is 4.93. The molecule has 0 spiro atoms. The number of carbonyl (C=O) groups is 1. The first-order valence-corrected chi connectivity index (χ1v) is 11.0. The van der Waals surface area contributed by atoms with Crippen LogP contribution in [-0.4, -0.2) is 59.2 Å². The molecule has 2 aromatic carbocycles. The first-order valence-electron chi connectivity index (χ1n) is 9.54. The molecule has 0 aliphatic carbocycles. The molecule has 0 atom stereocenters. The maximum Gasteiger partial charge on any atom is 0.251 e. The van der Waals surface area contributed by atoms with E-state index in [1.165, 1.54) is 16.4 Å². The van der Waals surface area contributed by atoms with Crippen molar-refractivity contribution >= 4 is 15.9 Å². The lowest BCUT2D eigenvalue weighted by molar-refractivity contribution is 0.0730. The van der Waals surface area contributed by atoms with Gasteiger partial charge in [-0.05, 0) is 42.3 Å². The third-order valence-corrected chi connectivity index (χ3v) is 6.82. The summed E-state index contributed by atoms with van der Waals surface area (Å²) in [4.78, 5) is 12.9. The highest BCUT2D eigenvalue weighted by Gasteiger charge is 2.27. The lowest BCUT2D eigenvalue weighted by atomic mass is 10.1. The van der Waals surface area contributed by atoms with Crippen LogP contribution in [0.1, 0.15) is 21.5 Å². The van der Waals surface area contributed by atoms with E-state index in [1.807, 2.05) is 0 Å². The van der Waals surface area contributed by atoms with E-state index in [0.717, 1.165) is 5.56 Å². The molecule has 9 heteroatoms. The van der Waals surface area contributed by atoms with Gasteiger partial charge in [0.2, 0.25) is 10.0 Å². The molecule has 30 heavy (non-hydrogen) atoms. The maximum absolute atomic E-state index is 12.9. The number of carbonyl (C=O) groups excluding carboxylic acids is 1. The van der Waals surface area contributed by atoms with E-state index in [1.54, 1.807) is 45.4 Å². The molecule has 1 aliphatic heterocycles. The smallest absolute Gasteiger partial charge is 0.251 e. The number of rotatable bonds is 7. The fourth-order valence-corrected chi connectivity index (χ4v) is 4.62. The molecule has 1 N–H and O–H groups in total. The number of ether oxygens (including phenoxy) is 3. The Bertz CT molecular complexity index is 994. The van der Waals surface area contributed by atoms with Crippen molar-refractivity contribution in [2.45, 2.75) is 18.4 Å². The summed E-state index contributed by atoms with van der Waals surface area (Å²) in [7, 11) is -0.567. The van der Waals surface area contributed by atoms with Gasteiger partial charge in [0.25, 0.3) is 5.91 Å². The van der Waals surface area contributed by atoms with Crippen molar-refractivity contribution in [3.05, 3.63) is 53.1 Å². The van der Waals surface area contributed by atoms with Gasteiger partial charge in [-0.15, -0.1) is 0 Å². The minimum atomic E-state index is -3.68. The van der Waals surface area contributed by atoms with Crippen molar-refractivity contribution in [3.63, 3.8) is 0 Å². The molecule has 0 saturated carbocycles. The number of sulfonamides is 1. The van der Waals surface area contributed by atoms with E-state index in [-0.39, 0.29) is 17.3 Å². The molecule has 2 aromatic rings. The van der Waals surface area contributed by atoms with Crippen LogP contribution in [0.15, 0.2) is 41.3 Å². The van der Waals surface area contributed by atoms with E-state index < -0.39 is 10.0 Å². The highest BCUT2D eigenvalue weighted by molar-refractivity contribution is 7.89. The van der Waals surface area contributed by atoms with Gasteiger partial charge in [0.1, 0.15) is 11.5 Å². The highest BCUT2D eigenvalue weighted by atomic mass is 32.2. The second-order valence-corrected chi connectivity index (χ2v) is 8.83. The van der Waals surface area contributed by atoms with Gasteiger partial charge in [0.15, 0.2) is 0 Å². The minimum absolute atomic E-state index is 0.100. The van der Waals surface area contributed by atoms with Gasteiger partial charge in [-0.25, -0.2) is 8.42 Å². The van der Waals surface area contributed by atoms with Crippen LogP contribution in [0.3, 0.4) is 0 Å².